The first-order valence-electron chi connectivity index (χ1n) is 5.21. The van der Waals surface area contributed by atoms with Crippen LogP contribution in [0.1, 0.15) is 36.6 Å². The van der Waals surface area contributed by atoms with Gasteiger partial charge in [-0.05, 0) is 25.7 Å². The lowest BCUT2D eigenvalue weighted by atomic mass is 9.82. The number of nitrogens with zero attached hydrogens (tertiary/aromatic N) is 1. The molecule has 2 rings (SSSR count). The fourth-order valence-corrected chi connectivity index (χ4v) is 2.97. The van der Waals surface area contributed by atoms with Crippen LogP contribution in [-0.4, -0.2) is 10.9 Å². The predicted molar refractivity (Wildman–Crippen MR) is 59.1 cm³/mol. The van der Waals surface area contributed by atoms with Gasteiger partial charge in [-0.2, -0.15) is 0 Å². The van der Waals surface area contributed by atoms with Gasteiger partial charge in [0.25, 0.3) is 0 Å². The zero-order valence-corrected chi connectivity index (χ0v) is 9.30. The Labute approximate surface area is 92.9 Å². The molecular weight excluding hydrogens is 210 g/mol. The standard InChI is InChI=1S/C10H15N3OS/c11-13-9(14)7-1-3-8(4-2-7)10-12-5-6-15-10/h5-8H,1-4,11H2,(H,13,14)/t7-,8-. The molecule has 82 valence electrons. The van der Waals surface area contributed by atoms with Crippen LogP contribution in [-0.2, 0) is 4.79 Å². The quantitative estimate of drug-likeness (QED) is 0.454. The lowest BCUT2D eigenvalue weighted by Crippen LogP contribution is -2.37. The summed E-state index contributed by atoms with van der Waals surface area (Å²) in [6, 6.07) is 0. The van der Waals surface area contributed by atoms with Crippen LogP contribution >= 0.6 is 11.3 Å². The number of carbonyl (C=O) groups excluding carboxylic acids is 1. The minimum Gasteiger partial charge on any atom is -0.294 e. The van der Waals surface area contributed by atoms with Gasteiger partial charge >= 0.3 is 0 Å². The summed E-state index contributed by atoms with van der Waals surface area (Å²) in [7, 11) is 0. The molecule has 1 aromatic heterocycles. The van der Waals surface area contributed by atoms with E-state index in [1.165, 1.54) is 5.01 Å². The molecule has 3 N–H and O–H groups in total. The highest BCUT2D eigenvalue weighted by Crippen LogP contribution is 2.36. The van der Waals surface area contributed by atoms with E-state index >= 15 is 0 Å². The second-order valence-corrected chi connectivity index (χ2v) is 4.85. The normalized spacial score (nSPS) is 26.2. The Bertz CT molecular complexity index is 317. The average Bonchev–Trinajstić information content (AvgIpc) is 2.82. The number of hydrazine groups is 1. The van der Waals surface area contributed by atoms with Crippen LogP contribution in [0.4, 0.5) is 0 Å². The van der Waals surface area contributed by atoms with Gasteiger partial charge in [0.05, 0.1) is 5.01 Å². The van der Waals surface area contributed by atoms with E-state index in [-0.39, 0.29) is 11.8 Å². The van der Waals surface area contributed by atoms with Crippen molar-refractivity contribution in [1.82, 2.24) is 10.4 Å². The number of thiazole rings is 1. The molecule has 0 saturated heterocycles. The minimum absolute atomic E-state index is 0.0208. The highest BCUT2D eigenvalue weighted by atomic mass is 32.1. The zero-order chi connectivity index (χ0) is 10.7. The highest BCUT2D eigenvalue weighted by molar-refractivity contribution is 7.09. The Morgan fingerprint density at radius 1 is 1.47 bits per heavy atom. The van der Waals surface area contributed by atoms with Crippen LogP contribution in [0, 0.1) is 5.92 Å². The molecule has 15 heavy (non-hydrogen) atoms. The zero-order valence-electron chi connectivity index (χ0n) is 8.48. The molecule has 1 aromatic rings. The lowest BCUT2D eigenvalue weighted by Gasteiger charge is -2.25. The fraction of sp³-hybridized carbons (Fsp3) is 0.600. The van der Waals surface area contributed by atoms with Crippen LogP contribution in [0.15, 0.2) is 11.6 Å². The molecular formula is C10H15N3OS. The molecule has 0 aromatic carbocycles. The van der Waals surface area contributed by atoms with Crippen molar-refractivity contribution in [2.75, 3.05) is 0 Å². The van der Waals surface area contributed by atoms with E-state index in [4.69, 9.17) is 5.84 Å². The summed E-state index contributed by atoms with van der Waals surface area (Å²) in [5.41, 5.74) is 2.23. The summed E-state index contributed by atoms with van der Waals surface area (Å²) in [5, 5.41) is 3.22. The smallest absolute Gasteiger partial charge is 0.236 e. The van der Waals surface area contributed by atoms with Crippen molar-refractivity contribution in [3.05, 3.63) is 16.6 Å². The maximum absolute atomic E-state index is 11.3. The van der Waals surface area contributed by atoms with Gasteiger partial charge in [-0.25, -0.2) is 10.8 Å². The highest BCUT2D eigenvalue weighted by Gasteiger charge is 2.27. The maximum atomic E-state index is 11.3. The van der Waals surface area contributed by atoms with E-state index in [0.29, 0.717) is 5.92 Å². The van der Waals surface area contributed by atoms with Gasteiger partial charge < -0.3 is 0 Å². The van der Waals surface area contributed by atoms with Gasteiger partial charge in [-0.15, -0.1) is 11.3 Å². The van der Waals surface area contributed by atoms with Crippen molar-refractivity contribution >= 4 is 17.2 Å². The van der Waals surface area contributed by atoms with Crippen LogP contribution in [0.5, 0.6) is 0 Å². The Morgan fingerprint density at radius 3 is 2.73 bits per heavy atom. The predicted octanol–water partition coefficient (Wildman–Crippen LogP) is 1.41. The number of hydrogen-bond donors (Lipinski definition) is 2. The first-order valence-corrected chi connectivity index (χ1v) is 6.09. The third-order valence-corrected chi connectivity index (χ3v) is 3.98. The topological polar surface area (TPSA) is 68.0 Å². The number of amides is 1. The van der Waals surface area contributed by atoms with Gasteiger partial charge in [0.15, 0.2) is 0 Å². The molecule has 0 spiro atoms. The summed E-state index contributed by atoms with van der Waals surface area (Å²) < 4.78 is 0. The van der Waals surface area contributed by atoms with E-state index in [9.17, 15) is 4.79 Å². The molecule has 5 heteroatoms. The second kappa shape index (κ2) is 4.72. The van der Waals surface area contributed by atoms with E-state index in [2.05, 4.69) is 10.4 Å². The molecule has 1 aliphatic carbocycles. The molecule has 0 bridgehead atoms. The van der Waals surface area contributed by atoms with E-state index in [1.807, 2.05) is 11.6 Å². The van der Waals surface area contributed by atoms with Crippen molar-refractivity contribution in [3.63, 3.8) is 0 Å². The third kappa shape index (κ3) is 2.35. The molecule has 1 saturated carbocycles. The number of hydrogen-bond acceptors (Lipinski definition) is 4. The van der Waals surface area contributed by atoms with Crippen molar-refractivity contribution in [3.8, 4) is 0 Å². The molecule has 1 fully saturated rings. The Hall–Kier alpha value is -0.940. The summed E-state index contributed by atoms with van der Waals surface area (Å²) in [6.45, 7) is 0. The monoisotopic (exact) mass is 225 g/mol. The van der Waals surface area contributed by atoms with Gasteiger partial charge in [0.1, 0.15) is 0 Å². The van der Waals surface area contributed by atoms with Crippen LogP contribution in [0.3, 0.4) is 0 Å². The number of nitrogens with one attached hydrogen (secondary N) is 1. The maximum Gasteiger partial charge on any atom is 0.236 e. The van der Waals surface area contributed by atoms with Crippen molar-refractivity contribution < 1.29 is 4.79 Å². The molecule has 1 aliphatic rings. The van der Waals surface area contributed by atoms with Crippen LogP contribution in [0.2, 0.25) is 0 Å². The summed E-state index contributed by atoms with van der Waals surface area (Å²) >= 11 is 1.71. The number of rotatable bonds is 2. The minimum atomic E-state index is -0.0208. The lowest BCUT2D eigenvalue weighted by molar-refractivity contribution is -0.126. The summed E-state index contributed by atoms with van der Waals surface area (Å²) in [6.07, 6.45) is 5.79. The first kappa shape index (κ1) is 10.6. The summed E-state index contributed by atoms with van der Waals surface area (Å²) in [4.78, 5) is 15.6. The van der Waals surface area contributed by atoms with Crippen molar-refractivity contribution in [2.45, 2.75) is 31.6 Å². The van der Waals surface area contributed by atoms with Gasteiger partial charge in [-0.3, -0.25) is 10.2 Å². The Kier molecular flexibility index (Phi) is 3.33. The number of nitrogens with two attached hydrogens (primary N) is 1. The molecule has 0 atom stereocenters. The van der Waals surface area contributed by atoms with E-state index in [1.54, 1.807) is 11.3 Å². The SMILES string of the molecule is NNC(=O)[C@H]1CC[C@H](c2nccs2)CC1. The van der Waals surface area contributed by atoms with Crippen molar-refractivity contribution in [2.24, 2.45) is 11.8 Å². The van der Waals surface area contributed by atoms with Crippen molar-refractivity contribution in [1.29, 1.82) is 0 Å². The number of aromatic nitrogens is 1. The average molecular weight is 225 g/mol. The molecule has 0 radical (unpaired) electrons. The van der Waals surface area contributed by atoms with E-state index in [0.717, 1.165) is 25.7 Å². The molecule has 1 amide bonds. The van der Waals surface area contributed by atoms with Gasteiger partial charge in [0.2, 0.25) is 5.91 Å². The molecule has 4 nitrogen and oxygen atoms in total. The molecule has 0 aliphatic heterocycles. The first-order chi connectivity index (χ1) is 7.31. The van der Waals surface area contributed by atoms with Crippen LogP contribution in [0.25, 0.3) is 0 Å². The number of carbonyl (C=O) groups is 1. The molecule has 0 unspecified atom stereocenters. The van der Waals surface area contributed by atoms with Crippen LogP contribution < -0.4 is 11.3 Å². The van der Waals surface area contributed by atoms with Gasteiger partial charge in [0, 0.05) is 23.4 Å². The Morgan fingerprint density at radius 2 is 2.20 bits per heavy atom. The fourth-order valence-electron chi connectivity index (χ4n) is 2.16. The largest absolute Gasteiger partial charge is 0.294 e. The molecule has 1 heterocycles. The van der Waals surface area contributed by atoms with E-state index < -0.39 is 0 Å². The Balaban J connectivity index is 1.90. The van der Waals surface area contributed by atoms with Gasteiger partial charge in [-0.1, -0.05) is 0 Å². The summed E-state index contributed by atoms with van der Waals surface area (Å²) in [5.74, 6) is 5.75. The third-order valence-electron chi connectivity index (χ3n) is 3.04. The second-order valence-electron chi connectivity index (χ2n) is 3.93.